The normalized spacial score (nSPS) is 17.4. The molecule has 0 saturated carbocycles. The van der Waals surface area contributed by atoms with E-state index in [1.165, 1.54) is 11.0 Å². The number of benzene rings is 1. The smallest absolute Gasteiger partial charge is 0.409 e. The molecule has 1 aromatic carbocycles. The summed E-state index contributed by atoms with van der Waals surface area (Å²) in [6.07, 6.45) is 0.928. The molecule has 1 aromatic rings. The summed E-state index contributed by atoms with van der Waals surface area (Å²) in [5, 5.41) is 2.96. The zero-order valence-electron chi connectivity index (χ0n) is 17.3. The molecule has 8 heteroatoms. The van der Waals surface area contributed by atoms with Gasteiger partial charge in [-0.15, -0.1) is 0 Å². The molecule has 1 saturated heterocycles. The Hall–Kier alpha value is -2.90. The van der Waals surface area contributed by atoms with E-state index in [1.54, 1.807) is 44.7 Å². The largest absolute Gasteiger partial charge is 0.450 e. The van der Waals surface area contributed by atoms with Gasteiger partial charge in [0.1, 0.15) is 0 Å². The molecule has 2 heterocycles. The van der Waals surface area contributed by atoms with Crippen molar-refractivity contribution in [3.05, 3.63) is 34.9 Å². The number of likely N-dealkylation sites (tertiary alicyclic amines) is 1. The summed E-state index contributed by atoms with van der Waals surface area (Å²) in [6.45, 7) is 8.52. The van der Waals surface area contributed by atoms with Gasteiger partial charge in [0.25, 0.3) is 17.7 Å². The predicted octanol–water partition coefficient (Wildman–Crippen LogP) is 2.43. The van der Waals surface area contributed by atoms with Crippen LogP contribution < -0.4 is 5.32 Å². The predicted molar refractivity (Wildman–Crippen MR) is 106 cm³/mol. The maximum Gasteiger partial charge on any atom is 0.409 e. The number of hydrogen-bond acceptors (Lipinski definition) is 5. The van der Waals surface area contributed by atoms with E-state index in [-0.39, 0.29) is 35.4 Å². The summed E-state index contributed by atoms with van der Waals surface area (Å²) < 4.78 is 5.00. The van der Waals surface area contributed by atoms with Crippen molar-refractivity contribution >= 4 is 23.8 Å². The van der Waals surface area contributed by atoms with Crippen molar-refractivity contribution in [3.8, 4) is 0 Å². The molecule has 3 rings (SSSR count). The van der Waals surface area contributed by atoms with E-state index in [2.05, 4.69) is 5.32 Å². The van der Waals surface area contributed by atoms with Gasteiger partial charge in [-0.05, 0) is 58.7 Å². The second kappa shape index (κ2) is 7.85. The van der Waals surface area contributed by atoms with E-state index >= 15 is 0 Å². The third-order valence-corrected chi connectivity index (χ3v) is 5.18. The molecule has 0 aliphatic carbocycles. The average Bonchev–Trinajstić information content (AvgIpc) is 2.92. The van der Waals surface area contributed by atoms with Crippen LogP contribution in [0.4, 0.5) is 4.79 Å². The topological polar surface area (TPSA) is 96.0 Å². The summed E-state index contributed by atoms with van der Waals surface area (Å²) in [5.41, 5.74) is 0.287. The van der Waals surface area contributed by atoms with Gasteiger partial charge in [-0.1, -0.05) is 0 Å². The Morgan fingerprint density at radius 3 is 2.31 bits per heavy atom. The number of amides is 4. The highest BCUT2D eigenvalue weighted by Gasteiger charge is 2.42. The number of fused-ring (bicyclic) bond motifs is 1. The minimum absolute atomic E-state index is 0.0650. The molecule has 156 valence electrons. The minimum atomic E-state index is -0.636. The first-order valence-electron chi connectivity index (χ1n) is 9.89. The highest BCUT2D eigenvalue weighted by Crippen LogP contribution is 2.30. The van der Waals surface area contributed by atoms with Crippen LogP contribution in [0.5, 0.6) is 0 Å². The molecule has 1 N–H and O–H groups in total. The van der Waals surface area contributed by atoms with Crippen LogP contribution in [0, 0.1) is 0 Å². The number of piperidine rings is 1. The van der Waals surface area contributed by atoms with Crippen LogP contribution in [-0.4, -0.2) is 64.9 Å². The molecule has 0 aromatic heterocycles. The lowest BCUT2D eigenvalue weighted by atomic mass is 10.0. The zero-order valence-corrected chi connectivity index (χ0v) is 17.3. The summed E-state index contributed by atoms with van der Waals surface area (Å²) in [7, 11) is 0. The van der Waals surface area contributed by atoms with E-state index in [9.17, 15) is 19.2 Å². The van der Waals surface area contributed by atoms with Crippen LogP contribution >= 0.6 is 0 Å². The highest BCUT2D eigenvalue weighted by atomic mass is 16.6. The molecule has 29 heavy (non-hydrogen) atoms. The van der Waals surface area contributed by atoms with Gasteiger partial charge in [-0.3, -0.25) is 19.3 Å². The molecule has 0 unspecified atom stereocenters. The second-order valence-electron chi connectivity index (χ2n) is 8.31. The lowest BCUT2D eigenvalue weighted by Gasteiger charge is -2.31. The minimum Gasteiger partial charge on any atom is -0.450 e. The number of nitrogens with zero attached hydrogens (tertiary/aromatic N) is 2. The van der Waals surface area contributed by atoms with E-state index in [0.29, 0.717) is 43.7 Å². The molecule has 1 fully saturated rings. The molecule has 0 spiro atoms. The van der Waals surface area contributed by atoms with E-state index in [4.69, 9.17) is 4.74 Å². The summed E-state index contributed by atoms with van der Waals surface area (Å²) in [4.78, 5) is 52.5. The standard InChI is InChI=1S/C21H27N3O5/c1-5-29-20(28)23-10-8-14(9-11-23)22-17(25)13-6-7-15-16(12-13)19(27)24(18(15)26)21(2,3)4/h6-7,12,14H,5,8-11H2,1-4H3,(H,22,25). The van der Waals surface area contributed by atoms with Crippen LogP contribution in [-0.2, 0) is 4.74 Å². The zero-order chi connectivity index (χ0) is 21.3. The Bertz CT molecular complexity index is 850. The second-order valence-corrected chi connectivity index (χ2v) is 8.31. The molecule has 0 atom stereocenters. The molecule has 2 aliphatic heterocycles. The SMILES string of the molecule is CCOC(=O)N1CCC(NC(=O)c2ccc3c(c2)C(=O)N(C(C)(C)C)C3=O)CC1. The fourth-order valence-electron chi connectivity index (χ4n) is 3.68. The third-order valence-electron chi connectivity index (χ3n) is 5.18. The number of nitrogens with one attached hydrogen (secondary N) is 1. The van der Waals surface area contributed by atoms with Crippen molar-refractivity contribution in [1.29, 1.82) is 0 Å². The van der Waals surface area contributed by atoms with Crippen LogP contribution in [0.2, 0.25) is 0 Å². The maximum atomic E-state index is 12.7. The Labute approximate surface area is 170 Å². The Kier molecular flexibility index (Phi) is 5.64. The first kappa shape index (κ1) is 20.8. The third kappa shape index (κ3) is 4.11. The number of carbonyl (C=O) groups is 4. The molecular weight excluding hydrogens is 374 g/mol. The van der Waals surface area contributed by atoms with Gasteiger partial charge in [-0.25, -0.2) is 4.79 Å². The lowest BCUT2D eigenvalue weighted by Crippen LogP contribution is -2.46. The fourth-order valence-corrected chi connectivity index (χ4v) is 3.68. The molecule has 2 aliphatic rings. The van der Waals surface area contributed by atoms with Crippen LogP contribution in [0.3, 0.4) is 0 Å². The van der Waals surface area contributed by atoms with Crippen molar-refractivity contribution in [3.63, 3.8) is 0 Å². The van der Waals surface area contributed by atoms with Gasteiger partial charge >= 0.3 is 6.09 Å². The molecule has 0 bridgehead atoms. The number of rotatable bonds is 3. The van der Waals surface area contributed by atoms with Crippen molar-refractivity contribution in [2.24, 2.45) is 0 Å². The van der Waals surface area contributed by atoms with Crippen molar-refractivity contribution in [1.82, 2.24) is 15.1 Å². The van der Waals surface area contributed by atoms with Gasteiger partial charge in [0.2, 0.25) is 0 Å². The molecular formula is C21H27N3O5. The average molecular weight is 401 g/mol. The lowest BCUT2D eigenvalue weighted by molar-refractivity contribution is 0.0507. The first-order chi connectivity index (χ1) is 13.6. The van der Waals surface area contributed by atoms with Gasteiger partial charge in [0, 0.05) is 30.2 Å². The summed E-state index contributed by atoms with van der Waals surface area (Å²) >= 11 is 0. The van der Waals surface area contributed by atoms with Crippen LogP contribution in [0.1, 0.15) is 71.6 Å². The van der Waals surface area contributed by atoms with Gasteiger partial charge in [-0.2, -0.15) is 0 Å². The van der Waals surface area contributed by atoms with Gasteiger partial charge in [0.15, 0.2) is 0 Å². The van der Waals surface area contributed by atoms with Crippen molar-refractivity contribution in [2.45, 2.75) is 52.1 Å². The number of imide groups is 1. The number of hydrogen-bond donors (Lipinski definition) is 1. The monoisotopic (exact) mass is 401 g/mol. The van der Waals surface area contributed by atoms with Gasteiger partial charge in [0.05, 0.1) is 17.7 Å². The quantitative estimate of drug-likeness (QED) is 0.785. The summed E-state index contributed by atoms with van der Waals surface area (Å²) in [6, 6.07) is 4.54. The Morgan fingerprint density at radius 2 is 1.72 bits per heavy atom. The van der Waals surface area contributed by atoms with Crippen LogP contribution in [0.25, 0.3) is 0 Å². The number of ether oxygens (including phenoxy) is 1. The van der Waals surface area contributed by atoms with E-state index in [0.717, 1.165) is 0 Å². The van der Waals surface area contributed by atoms with Crippen molar-refractivity contribution < 1.29 is 23.9 Å². The van der Waals surface area contributed by atoms with Crippen LogP contribution in [0.15, 0.2) is 18.2 Å². The Morgan fingerprint density at radius 1 is 1.10 bits per heavy atom. The van der Waals surface area contributed by atoms with E-state index < -0.39 is 5.54 Å². The first-order valence-corrected chi connectivity index (χ1v) is 9.89. The summed E-state index contributed by atoms with van der Waals surface area (Å²) in [5.74, 6) is -1.01. The van der Waals surface area contributed by atoms with Gasteiger partial charge < -0.3 is 15.0 Å². The highest BCUT2D eigenvalue weighted by molar-refractivity contribution is 6.22. The fraction of sp³-hybridized carbons (Fsp3) is 0.524. The Balaban J connectivity index is 1.66. The number of carbonyl (C=O) groups excluding carboxylic acids is 4. The molecule has 0 radical (unpaired) electrons. The maximum absolute atomic E-state index is 12.7. The molecule has 4 amide bonds. The van der Waals surface area contributed by atoms with E-state index in [1.807, 2.05) is 0 Å². The van der Waals surface area contributed by atoms with Crippen molar-refractivity contribution in [2.75, 3.05) is 19.7 Å². The molecule has 8 nitrogen and oxygen atoms in total.